The van der Waals surface area contributed by atoms with Gasteiger partial charge in [0.05, 0.1) is 12.6 Å². The van der Waals surface area contributed by atoms with Crippen LogP contribution in [0.2, 0.25) is 0 Å². The Balaban J connectivity index is 1.59. The van der Waals surface area contributed by atoms with Crippen LogP contribution in [0.3, 0.4) is 0 Å². The van der Waals surface area contributed by atoms with E-state index in [1.54, 1.807) is 7.05 Å². The van der Waals surface area contributed by atoms with Gasteiger partial charge in [-0.05, 0) is 38.3 Å². The molecule has 1 atom stereocenters. The molecule has 1 aliphatic heterocycles. The maximum absolute atomic E-state index is 6.09. The minimum Gasteiger partial charge on any atom is -0.490 e. The molecule has 0 saturated heterocycles. The number of aliphatic imine (C=N–C) groups is 1. The van der Waals surface area contributed by atoms with Crippen molar-refractivity contribution >= 4 is 5.96 Å². The standard InChI is InChI=1S/C20H30N6O/c1-5-15(3)27-17-11-14(2)8-9-16(17)12-22-20(21-4)23-13-19-25-24-18-7-6-10-26(18)19/h8-9,11,15H,5-7,10,12-13H2,1-4H3,(H2,21,22,23). The second kappa shape index (κ2) is 8.88. The summed E-state index contributed by atoms with van der Waals surface area (Å²) < 4.78 is 8.28. The highest BCUT2D eigenvalue weighted by molar-refractivity contribution is 5.79. The van der Waals surface area contributed by atoms with Crippen LogP contribution in [-0.2, 0) is 26.1 Å². The summed E-state index contributed by atoms with van der Waals surface area (Å²) in [6.45, 7) is 8.56. The van der Waals surface area contributed by atoms with E-state index in [-0.39, 0.29) is 6.10 Å². The van der Waals surface area contributed by atoms with Gasteiger partial charge in [0.2, 0.25) is 0 Å². The molecule has 0 amide bonds. The number of hydrogen-bond acceptors (Lipinski definition) is 4. The highest BCUT2D eigenvalue weighted by atomic mass is 16.5. The summed E-state index contributed by atoms with van der Waals surface area (Å²) in [6, 6.07) is 6.31. The van der Waals surface area contributed by atoms with E-state index in [4.69, 9.17) is 4.74 Å². The predicted octanol–water partition coefficient (Wildman–Crippen LogP) is 2.58. The van der Waals surface area contributed by atoms with Gasteiger partial charge in [-0.25, -0.2) is 0 Å². The van der Waals surface area contributed by atoms with Crippen molar-refractivity contribution in [1.82, 2.24) is 25.4 Å². The lowest BCUT2D eigenvalue weighted by molar-refractivity contribution is 0.215. The van der Waals surface area contributed by atoms with Crippen LogP contribution in [0.15, 0.2) is 23.2 Å². The molecule has 3 rings (SSSR count). The van der Waals surface area contributed by atoms with Crippen LogP contribution in [-0.4, -0.2) is 33.9 Å². The highest BCUT2D eigenvalue weighted by Crippen LogP contribution is 2.22. The average Bonchev–Trinajstić information content (AvgIpc) is 3.27. The average molecular weight is 371 g/mol. The zero-order chi connectivity index (χ0) is 19.2. The minimum absolute atomic E-state index is 0.193. The number of nitrogens with zero attached hydrogens (tertiary/aromatic N) is 4. The van der Waals surface area contributed by atoms with Crippen molar-refractivity contribution in [2.45, 2.75) is 65.8 Å². The van der Waals surface area contributed by atoms with E-state index in [1.165, 1.54) is 5.56 Å². The molecule has 2 N–H and O–H groups in total. The van der Waals surface area contributed by atoms with Crippen LogP contribution >= 0.6 is 0 Å². The Labute approximate surface area is 161 Å². The van der Waals surface area contributed by atoms with Crippen molar-refractivity contribution < 1.29 is 4.74 Å². The van der Waals surface area contributed by atoms with Gasteiger partial charge in [-0.15, -0.1) is 10.2 Å². The fourth-order valence-corrected chi connectivity index (χ4v) is 3.12. The number of benzene rings is 1. The number of aromatic nitrogens is 3. The largest absolute Gasteiger partial charge is 0.490 e. The van der Waals surface area contributed by atoms with Crippen LogP contribution in [0.1, 0.15) is 49.5 Å². The van der Waals surface area contributed by atoms with Gasteiger partial charge >= 0.3 is 0 Å². The summed E-state index contributed by atoms with van der Waals surface area (Å²) in [7, 11) is 1.77. The smallest absolute Gasteiger partial charge is 0.191 e. The SMILES string of the molecule is CCC(C)Oc1cc(C)ccc1CNC(=NC)NCc1nnc2n1CCC2. The molecule has 1 aromatic carbocycles. The molecule has 146 valence electrons. The number of ether oxygens (including phenoxy) is 1. The maximum atomic E-state index is 6.09. The van der Waals surface area contributed by atoms with E-state index in [9.17, 15) is 0 Å². The Kier molecular flexibility index (Phi) is 6.32. The molecule has 0 saturated carbocycles. The Morgan fingerprint density at radius 2 is 2.11 bits per heavy atom. The van der Waals surface area contributed by atoms with E-state index < -0.39 is 0 Å². The fraction of sp³-hybridized carbons (Fsp3) is 0.550. The first-order chi connectivity index (χ1) is 13.1. The molecule has 0 fully saturated rings. The van der Waals surface area contributed by atoms with Gasteiger partial charge in [-0.3, -0.25) is 4.99 Å². The van der Waals surface area contributed by atoms with Gasteiger partial charge in [0.25, 0.3) is 0 Å². The molecule has 1 unspecified atom stereocenters. The van der Waals surface area contributed by atoms with E-state index in [1.807, 2.05) is 0 Å². The van der Waals surface area contributed by atoms with Crippen molar-refractivity contribution in [3.8, 4) is 5.75 Å². The zero-order valence-electron chi connectivity index (χ0n) is 16.7. The molecule has 1 aromatic heterocycles. The summed E-state index contributed by atoms with van der Waals surface area (Å²) in [5.74, 6) is 3.71. The molecule has 7 heteroatoms. The van der Waals surface area contributed by atoms with Crippen LogP contribution in [0, 0.1) is 6.92 Å². The highest BCUT2D eigenvalue weighted by Gasteiger charge is 2.17. The summed E-state index contributed by atoms with van der Waals surface area (Å²) in [6.07, 6.45) is 3.34. The van der Waals surface area contributed by atoms with Crippen molar-refractivity contribution in [2.24, 2.45) is 4.99 Å². The summed E-state index contributed by atoms with van der Waals surface area (Å²) in [5.41, 5.74) is 2.31. The Bertz CT molecular complexity index is 798. The fourth-order valence-electron chi connectivity index (χ4n) is 3.12. The summed E-state index contributed by atoms with van der Waals surface area (Å²) in [5, 5.41) is 15.2. The van der Waals surface area contributed by atoms with Gasteiger partial charge in [-0.1, -0.05) is 19.1 Å². The summed E-state index contributed by atoms with van der Waals surface area (Å²) >= 11 is 0. The van der Waals surface area contributed by atoms with E-state index in [0.717, 1.165) is 54.7 Å². The van der Waals surface area contributed by atoms with Gasteiger partial charge in [0, 0.05) is 32.1 Å². The number of fused-ring (bicyclic) bond motifs is 1. The van der Waals surface area contributed by atoms with Crippen LogP contribution in [0.5, 0.6) is 5.75 Å². The Hall–Kier alpha value is -2.57. The molecule has 0 aliphatic carbocycles. The van der Waals surface area contributed by atoms with E-state index in [0.29, 0.717) is 13.1 Å². The second-order valence-electron chi connectivity index (χ2n) is 7.01. The molecule has 1 aliphatic rings. The third-order valence-electron chi connectivity index (χ3n) is 4.90. The van der Waals surface area contributed by atoms with Crippen molar-refractivity contribution in [2.75, 3.05) is 7.05 Å². The van der Waals surface area contributed by atoms with Crippen LogP contribution in [0.25, 0.3) is 0 Å². The first-order valence-corrected chi connectivity index (χ1v) is 9.72. The van der Waals surface area contributed by atoms with E-state index in [2.05, 4.69) is 69.4 Å². The summed E-state index contributed by atoms with van der Waals surface area (Å²) in [4.78, 5) is 4.32. The lowest BCUT2D eigenvalue weighted by Gasteiger charge is -2.18. The molecular weight excluding hydrogens is 340 g/mol. The third kappa shape index (κ3) is 4.78. The van der Waals surface area contributed by atoms with Gasteiger partial charge < -0.3 is 19.9 Å². The van der Waals surface area contributed by atoms with Crippen molar-refractivity contribution in [3.05, 3.63) is 41.0 Å². The van der Waals surface area contributed by atoms with Crippen molar-refractivity contribution in [1.29, 1.82) is 0 Å². The van der Waals surface area contributed by atoms with Crippen LogP contribution < -0.4 is 15.4 Å². The minimum atomic E-state index is 0.193. The lowest BCUT2D eigenvalue weighted by atomic mass is 10.1. The van der Waals surface area contributed by atoms with Gasteiger partial charge in [0.1, 0.15) is 11.6 Å². The maximum Gasteiger partial charge on any atom is 0.191 e. The quantitative estimate of drug-likeness (QED) is 0.579. The Morgan fingerprint density at radius 1 is 1.30 bits per heavy atom. The number of rotatable bonds is 7. The number of guanidine groups is 1. The molecular formula is C20H30N6O. The molecule has 0 spiro atoms. The molecule has 0 bridgehead atoms. The number of aryl methyl sites for hydroxylation is 2. The third-order valence-corrected chi connectivity index (χ3v) is 4.90. The molecule has 7 nitrogen and oxygen atoms in total. The molecule has 27 heavy (non-hydrogen) atoms. The Morgan fingerprint density at radius 3 is 2.89 bits per heavy atom. The number of hydrogen-bond donors (Lipinski definition) is 2. The second-order valence-corrected chi connectivity index (χ2v) is 7.01. The normalized spacial score (nSPS) is 14.7. The number of nitrogens with one attached hydrogen (secondary N) is 2. The predicted molar refractivity (Wildman–Crippen MR) is 107 cm³/mol. The van der Waals surface area contributed by atoms with E-state index >= 15 is 0 Å². The first-order valence-electron chi connectivity index (χ1n) is 9.72. The molecule has 2 aromatic rings. The topological polar surface area (TPSA) is 76.4 Å². The van der Waals surface area contributed by atoms with Gasteiger partial charge in [0.15, 0.2) is 11.8 Å². The molecule has 2 heterocycles. The van der Waals surface area contributed by atoms with Crippen molar-refractivity contribution in [3.63, 3.8) is 0 Å². The molecule has 0 radical (unpaired) electrons. The first kappa shape index (κ1) is 19.2. The van der Waals surface area contributed by atoms with Gasteiger partial charge in [-0.2, -0.15) is 0 Å². The van der Waals surface area contributed by atoms with Crippen LogP contribution in [0.4, 0.5) is 0 Å². The monoisotopic (exact) mass is 370 g/mol. The zero-order valence-corrected chi connectivity index (χ0v) is 16.7. The lowest BCUT2D eigenvalue weighted by Crippen LogP contribution is -2.37.